The molecule has 1 aromatic carbocycles. The van der Waals surface area contributed by atoms with Gasteiger partial charge in [-0.1, -0.05) is 0 Å². The third-order valence-corrected chi connectivity index (χ3v) is 3.40. The average molecular weight is 260 g/mol. The number of hydrogen-bond acceptors (Lipinski definition) is 4. The molecule has 0 atom stereocenters. The molecule has 18 heavy (non-hydrogen) atoms. The number of nitrogens with zero attached hydrogens (tertiary/aromatic N) is 2. The van der Waals surface area contributed by atoms with Crippen molar-refractivity contribution in [2.45, 2.75) is 6.92 Å². The predicted octanol–water partition coefficient (Wildman–Crippen LogP) is 3.93. The van der Waals surface area contributed by atoms with Crippen LogP contribution in [-0.2, 0) is 0 Å². The van der Waals surface area contributed by atoms with Crippen LogP contribution in [0.1, 0.15) is 4.88 Å². The second-order valence-corrected chi connectivity index (χ2v) is 5.05. The van der Waals surface area contributed by atoms with Crippen LogP contribution in [0.3, 0.4) is 0 Å². The Kier molecular flexibility index (Phi) is 2.68. The minimum Gasteiger partial charge on any atom is -0.438 e. The molecule has 0 amide bonds. The van der Waals surface area contributed by atoms with Crippen molar-refractivity contribution < 1.29 is 9.13 Å². The van der Waals surface area contributed by atoms with E-state index in [1.54, 1.807) is 23.5 Å². The molecule has 0 saturated carbocycles. The van der Waals surface area contributed by atoms with E-state index in [0.29, 0.717) is 11.6 Å². The van der Waals surface area contributed by atoms with Crippen LogP contribution in [0.2, 0.25) is 0 Å². The fourth-order valence-corrected chi connectivity index (χ4v) is 2.49. The van der Waals surface area contributed by atoms with E-state index in [9.17, 15) is 4.39 Å². The van der Waals surface area contributed by atoms with Gasteiger partial charge in [0.2, 0.25) is 5.88 Å². The normalized spacial score (nSPS) is 10.8. The van der Waals surface area contributed by atoms with Gasteiger partial charge in [0.05, 0.1) is 5.39 Å². The maximum absolute atomic E-state index is 12.8. The number of ether oxygens (including phenoxy) is 1. The van der Waals surface area contributed by atoms with Gasteiger partial charge in [-0.05, 0) is 37.3 Å². The Morgan fingerprint density at radius 1 is 1.17 bits per heavy atom. The number of fused-ring (bicyclic) bond motifs is 1. The standard InChI is InChI=1S/C13H9FN2OS/c1-8-6-11-12(15-7-16-13(11)18-8)17-10-4-2-9(14)3-5-10/h2-7H,1H3. The van der Waals surface area contributed by atoms with E-state index in [4.69, 9.17) is 4.74 Å². The predicted molar refractivity (Wildman–Crippen MR) is 68.6 cm³/mol. The van der Waals surface area contributed by atoms with Crippen molar-refractivity contribution in [1.82, 2.24) is 9.97 Å². The SMILES string of the molecule is Cc1cc2c(Oc3ccc(F)cc3)ncnc2s1. The fraction of sp³-hybridized carbons (Fsp3) is 0.0769. The summed E-state index contributed by atoms with van der Waals surface area (Å²) in [7, 11) is 0. The molecule has 5 heteroatoms. The third-order valence-electron chi connectivity index (χ3n) is 2.44. The Morgan fingerprint density at radius 2 is 1.94 bits per heavy atom. The van der Waals surface area contributed by atoms with Crippen LogP contribution in [0.5, 0.6) is 11.6 Å². The number of benzene rings is 1. The lowest BCUT2D eigenvalue weighted by molar-refractivity contribution is 0.466. The summed E-state index contributed by atoms with van der Waals surface area (Å²) in [4.78, 5) is 10.3. The molecule has 0 bridgehead atoms. The Hall–Kier alpha value is -2.01. The van der Waals surface area contributed by atoms with Gasteiger partial charge in [0.15, 0.2) is 0 Å². The molecule has 0 aliphatic carbocycles. The summed E-state index contributed by atoms with van der Waals surface area (Å²) in [6.07, 6.45) is 1.47. The average Bonchev–Trinajstić information content (AvgIpc) is 2.73. The van der Waals surface area contributed by atoms with E-state index < -0.39 is 0 Å². The van der Waals surface area contributed by atoms with Gasteiger partial charge in [0, 0.05) is 4.88 Å². The molecule has 0 radical (unpaired) electrons. The summed E-state index contributed by atoms with van der Waals surface area (Å²) in [6.45, 7) is 2.01. The summed E-state index contributed by atoms with van der Waals surface area (Å²) >= 11 is 1.59. The number of hydrogen-bond donors (Lipinski definition) is 0. The van der Waals surface area contributed by atoms with Crippen molar-refractivity contribution >= 4 is 21.6 Å². The van der Waals surface area contributed by atoms with Crippen LogP contribution >= 0.6 is 11.3 Å². The molecule has 2 heterocycles. The van der Waals surface area contributed by atoms with Crippen molar-refractivity contribution in [3.8, 4) is 11.6 Å². The van der Waals surface area contributed by atoms with Crippen molar-refractivity contribution in [2.24, 2.45) is 0 Å². The first-order chi connectivity index (χ1) is 8.72. The van der Waals surface area contributed by atoms with Crippen LogP contribution in [0, 0.1) is 12.7 Å². The fourth-order valence-electron chi connectivity index (χ4n) is 1.65. The lowest BCUT2D eigenvalue weighted by Crippen LogP contribution is -1.89. The van der Waals surface area contributed by atoms with Gasteiger partial charge >= 0.3 is 0 Å². The van der Waals surface area contributed by atoms with E-state index >= 15 is 0 Å². The molecule has 0 saturated heterocycles. The van der Waals surface area contributed by atoms with E-state index in [-0.39, 0.29) is 5.82 Å². The van der Waals surface area contributed by atoms with Crippen LogP contribution in [0.4, 0.5) is 4.39 Å². The second kappa shape index (κ2) is 4.34. The highest BCUT2D eigenvalue weighted by atomic mass is 32.1. The monoisotopic (exact) mass is 260 g/mol. The van der Waals surface area contributed by atoms with Gasteiger partial charge in [-0.15, -0.1) is 11.3 Å². The number of halogens is 1. The maximum atomic E-state index is 12.8. The minimum absolute atomic E-state index is 0.290. The molecule has 3 nitrogen and oxygen atoms in total. The Morgan fingerprint density at radius 3 is 2.72 bits per heavy atom. The first kappa shape index (κ1) is 11.1. The van der Waals surface area contributed by atoms with Crippen molar-refractivity contribution in [1.29, 1.82) is 0 Å². The summed E-state index contributed by atoms with van der Waals surface area (Å²) < 4.78 is 18.5. The Bertz CT molecular complexity index is 694. The summed E-state index contributed by atoms with van der Waals surface area (Å²) in [5, 5.41) is 0.879. The third kappa shape index (κ3) is 2.04. The Labute approximate surface area is 107 Å². The quantitative estimate of drug-likeness (QED) is 0.700. The summed E-state index contributed by atoms with van der Waals surface area (Å²) in [6, 6.07) is 7.84. The smallest absolute Gasteiger partial charge is 0.231 e. The highest BCUT2D eigenvalue weighted by Gasteiger charge is 2.08. The molecule has 3 aromatic rings. The van der Waals surface area contributed by atoms with Gasteiger partial charge in [-0.2, -0.15) is 0 Å². The second-order valence-electron chi connectivity index (χ2n) is 3.81. The highest BCUT2D eigenvalue weighted by Crippen LogP contribution is 2.31. The molecule has 0 N–H and O–H groups in total. The van der Waals surface area contributed by atoms with Gasteiger partial charge in [-0.3, -0.25) is 0 Å². The van der Waals surface area contributed by atoms with E-state index in [1.807, 2.05) is 13.0 Å². The molecule has 0 aliphatic heterocycles. The van der Waals surface area contributed by atoms with Gasteiger partial charge in [0.25, 0.3) is 0 Å². The van der Waals surface area contributed by atoms with Crippen LogP contribution in [0.15, 0.2) is 36.7 Å². The van der Waals surface area contributed by atoms with Gasteiger partial charge in [-0.25, -0.2) is 14.4 Å². The molecular weight excluding hydrogens is 251 g/mol. The molecule has 0 aliphatic rings. The zero-order chi connectivity index (χ0) is 12.5. The molecule has 0 fully saturated rings. The van der Waals surface area contributed by atoms with Crippen molar-refractivity contribution in [3.05, 3.63) is 47.4 Å². The lowest BCUT2D eigenvalue weighted by Gasteiger charge is -2.04. The number of aromatic nitrogens is 2. The first-order valence-corrected chi connectivity index (χ1v) is 6.18. The molecule has 0 spiro atoms. The minimum atomic E-state index is -0.290. The molecule has 90 valence electrons. The number of thiophene rings is 1. The van der Waals surface area contributed by atoms with E-state index in [2.05, 4.69) is 9.97 Å². The van der Waals surface area contributed by atoms with Gasteiger partial charge < -0.3 is 4.74 Å². The summed E-state index contributed by atoms with van der Waals surface area (Å²) in [5.74, 6) is 0.762. The molecule has 3 rings (SSSR count). The van der Waals surface area contributed by atoms with Crippen LogP contribution < -0.4 is 4.74 Å². The van der Waals surface area contributed by atoms with Crippen LogP contribution in [-0.4, -0.2) is 9.97 Å². The zero-order valence-corrected chi connectivity index (χ0v) is 10.4. The topological polar surface area (TPSA) is 35.0 Å². The number of rotatable bonds is 2. The van der Waals surface area contributed by atoms with E-state index in [0.717, 1.165) is 15.1 Å². The maximum Gasteiger partial charge on any atom is 0.231 e. The lowest BCUT2D eigenvalue weighted by atomic mass is 10.3. The van der Waals surface area contributed by atoms with Crippen LogP contribution in [0.25, 0.3) is 10.2 Å². The molecule has 2 aromatic heterocycles. The summed E-state index contributed by atoms with van der Waals surface area (Å²) in [5.41, 5.74) is 0. The highest BCUT2D eigenvalue weighted by molar-refractivity contribution is 7.18. The largest absolute Gasteiger partial charge is 0.438 e. The number of aryl methyl sites for hydroxylation is 1. The van der Waals surface area contributed by atoms with Crippen molar-refractivity contribution in [3.63, 3.8) is 0 Å². The van der Waals surface area contributed by atoms with E-state index in [1.165, 1.54) is 18.5 Å². The molecular formula is C13H9FN2OS. The van der Waals surface area contributed by atoms with Gasteiger partial charge in [0.1, 0.15) is 22.7 Å². The first-order valence-electron chi connectivity index (χ1n) is 5.37. The van der Waals surface area contributed by atoms with Crippen molar-refractivity contribution in [2.75, 3.05) is 0 Å². The zero-order valence-electron chi connectivity index (χ0n) is 9.55. The Balaban J connectivity index is 2.01. The molecule has 0 unspecified atom stereocenters.